The van der Waals surface area contributed by atoms with Crippen LogP contribution in [-0.2, 0) is 4.84 Å². The number of benzene rings is 1. The fourth-order valence-electron chi connectivity index (χ4n) is 1.01. The first kappa shape index (κ1) is 10.9. The summed E-state index contributed by atoms with van der Waals surface area (Å²) in [5, 5.41) is 0. The third-order valence-electron chi connectivity index (χ3n) is 1.74. The minimum atomic E-state index is -0.256. The lowest BCUT2D eigenvalue weighted by atomic mass is 10.3. The molecule has 0 aromatic heterocycles. The minimum absolute atomic E-state index is 0.256. The van der Waals surface area contributed by atoms with E-state index < -0.39 is 0 Å². The second-order valence-corrected chi connectivity index (χ2v) is 2.88. The zero-order valence-corrected chi connectivity index (χ0v) is 7.91. The van der Waals surface area contributed by atoms with Gasteiger partial charge in [-0.3, -0.25) is 0 Å². The lowest BCUT2D eigenvalue weighted by Gasteiger charge is -2.05. The van der Waals surface area contributed by atoms with Crippen molar-refractivity contribution in [2.45, 2.75) is 12.8 Å². The lowest BCUT2D eigenvalue weighted by Crippen LogP contribution is -2.03. The molecule has 0 radical (unpaired) electrons. The van der Waals surface area contributed by atoms with Crippen molar-refractivity contribution >= 4 is 0 Å². The van der Waals surface area contributed by atoms with Crippen molar-refractivity contribution in [2.24, 2.45) is 5.90 Å². The van der Waals surface area contributed by atoms with Crippen LogP contribution in [0.25, 0.3) is 0 Å². The van der Waals surface area contributed by atoms with E-state index in [1.165, 1.54) is 12.1 Å². The fraction of sp³-hybridized carbons (Fsp3) is 0.400. The molecule has 4 heteroatoms. The number of hydrogen-bond acceptors (Lipinski definition) is 3. The Morgan fingerprint density at radius 3 is 2.36 bits per heavy atom. The van der Waals surface area contributed by atoms with Gasteiger partial charge < -0.3 is 9.57 Å². The average Bonchev–Trinajstić information content (AvgIpc) is 2.21. The molecule has 0 amide bonds. The maximum Gasteiger partial charge on any atom is 0.123 e. The molecule has 2 N–H and O–H groups in total. The van der Waals surface area contributed by atoms with E-state index in [1.54, 1.807) is 12.1 Å². The molecule has 0 saturated carbocycles. The zero-order valence-electron chi connectivity index (χ0n) is 7.91. The van der Waals surface area contributed by atoms with Gasteiger partial charge in [0.2, 0.25) is 0 Å². The summed E-state index contributed by atoms with van der Waals surface area (Å²) in [5.74, 6) is 5.28. The van der Waals surface area contributed by atoms with Crippen LogP contribution in [0.5, 0.6) is 5.75 Å². The molecule has 0 aliphatic carbocycles. The van der Waals surface area contributed by atoms with Gasteiger partial charge in [0, 0.05) is 0 Å². The SMILES string of the molecule is NOCCCCOc1ccc(F)cc1. The molecule has 0 heterocycles. The Hall–Kier alpha value is -1.13. The van der Waals surface area contributed by atoms with Gasteiger partial charge in [-0.05, 0) is 37.1 Å². The van der Waals surface area contributed by atoms with Gasteiger partial charge >= 0.3 is 0 Å². The van der Waals surface area contributed by atoms with Gasteiger partial charge in [-0.25, -0.2) is 10.3 Å². The van der Waals surface area contributed by atoms with Gasteiger partial charge in [-0.2, -0.15) is 0 Å². The highest BCUT2D eigenvalue weighted by Gasteiger charge is 1.94. The van der Waals surface area contributed by atoms with Crippen molar-refractivity contribution < 1.29 is 14.0 Å². The van der Waals surface area contributed by atoms with E-state index in [-0.39, 0.29) is 5.82 Å². The van der Waals surface area contributed by atoms with Crippen LogP contribution in [-0.4, -0.2) is 13.2 Å². The molecule has 0 unspecified atom stereocenters. The third-order valence-corrected chi connectivity index (χ3v) is 1.74. The van der Waals surface area contributed by atoms with Crippen molar-refractivity contribution in [1.29, 1.82) is 0 Å². The van der Waals surface area contributed by atoms with E-state index in [9.17, 15) is 4.39 Å². The summed E-state index contributed by atoms with van der Waals surface area (Å²) < 4.78 is 17.8. The van der Waals surface area contributed by atoms with Crippen molar-refractivity contribution in [1.82, 2.24) is 0 Å². The van der Waals surface area contributed by atoms with Crippen molar-refractivity contribution in [3.63, 3.8) is 0 Å². The van der Waals surface area contributed by atoms with Crippen LogP contribution < -0.4 is 10.6 Å². The van der Waals surface area contributed by atoms with Crippen LogP contribution in [0, 0.1) is 5.82 Å². The highest BCUT2D eigenvalue weighted by molar-refractivity contribution is 5.21. The molecular formula is C10H14FNO2. The molecule has 0 fully saturated rings. The first-order valence-corrected chi connectivity index (χ1v) is 4.53. The standard InChI is InChI=1S/C10H14FNO2/c11-9-3-5-10(6-4-9)13-7-1-2-8-14-12/h3-6H,1-2,7-8,12H2. The Morgan fingerprint density at radius 2 is 1.71 bits per heavy atom. The van der Waals surface area contributed by atoms with Crippen LogP contribution >= 0.6 is 0 Å². The quantitative estimate of drug-likeness (QED) is 0.562. The Labute approximate surface area is 82.6 Å². The van der Waals surface area contributed by atoms with Gasteiger partial charge in [-0.15, -0.1) is 0 Å². The number of halogens is 1. The van der Waals surface area contributed by atoms with Crippen LogP contribution in [0.4, 0.5) is 4.39 Å². The maximum atomic E-state index is 12.5. The third kappa shape index (κ3) is 4.20. The van der Waals surface area contributed by atoms with Gasteiger partial charge in [0.1, 0.15) is 11.6 Å². The normalized spacial score (nSPS) is 10.1. The molecule has 0 atom stereocenters. The second kappa shape index (κ2) is 6.34. The predicted molar refractivity (Wildman–Crippen MR) is 51.3 cm³/mol. The Morgan fingerprint density at radius 1 is 1.07 bits per heavy atom. The van der Waals surface area contributed by atoms with Gasteiger partial charge in [0.25, 0.3) is 0 Å². The molecule has 0 aliphatic heterocycles. The predicted octanol–water partition coefficient (Wildman–Crippen LogP) is 1.88. The number of nitrogens with two attached hydrogens (primary N) is 1. The van der Waals surface area contributed by atoms with E-state index in [2.05, 4.69) is 4.84 Å². The maximum absolute atomic E-state index is 12.5. The summed E-state index contributed by atoms with van der Waals surface area (Å²) in [6.45, 7) is 1.13. The van der Waals surface area contributed by atoms with Gasteiger partial charge in [-0.1, -0.05) is 0 Å². The Kier molecular flexibility index (Phi) is 4.96. The Bertz CT molecular complexity index is 251. The minimum Gasteiger partial charge on any atom is -0.494 e. The highest BCUT2D eigenvalue weighted by Crippen LogP contribution is 2.11. The van der Waals surface area contributed by atoms with E-state index >= 15 is 0 Å². The van der Waals surface area contributed by atoms with Crippen molar-refractivity contribution in [3.05, 3.63) is 30.1 Å². The molecule has 0 saturated heterocycles. The second-order valence-electron chi connectivity index (χ2n) is 2.88. The summed E-state index contributed by atoms with van der Waals surface area (Å²) >= 11 is 0. The van der Waals surface area contributed by atoms with Crippen LogP contribution in [0.1, 0.15) is 12.8 Å². The summed E-state index contributed by atoms with van der Waals surface area (Å²) in [6.07, 6.45) is 1.73. The smallest absolute Gasteiger partial charge is 0.123 e. The molecule has 1 rings (SSSR count). The fourth-order valence-corrected chi connectivity index (χ4v) is 1.01. The zero-order chi connectivity index (χ0) is 10.2. The molecule has 0 spiro atoms. The van der Waals surface area contributed by atoms with E-state index in [0.29, 0.717) is 19.0 Å². The topological polar surface area (TPSA) is 44.5 Å². The van der Waals surface area contributed by atoms with E-state index in [0.717, 1.165) is 12.8 Å². The number of hydrogen-bond donors (Lipinski definition) is 1. The monoisotopic (exact) mass is 199 g/mol. The summed E-state index contributed by atoms with van der Waals surface area (Å²) in [7, 11) is 0. The molecular weight excluding hydrogens is 185 g/mol. The molecule has 3 nitrogen and oxygen atoms in total. The van der Waals surface area contributed by atoms with E-state index in [1.807, 2.05) is 0 Å². The molecule has 1 aromatic rings. The molecule has 14 heavy (non-hydrogen) atoms. The number of ether oxygens (including phenoxy) is 1. The van der Waals surface area contributed by atoms with Crippen molar-refractivity contribution in [3.8, 4) is 5.75 Å². The molecule has 0 bridgehead atoms. The first-order valence-electron chi connectivity index (χ1n) is 4.53. The van der Waals surface area contributed by atoms with Crippen molar-refractivity contribution in [2.75, 3.05) is 13.2 Å². The summed E-state index contributed by atoms with van der Waals surface area (Å²) in [6, 6.07) is 5.96. The highest BCUT2D eigenvalue weighted by atomic mass is 19.1. The lowest BCUT2D eigenvalue weighted by molar-refractivity contribution is 0.129. The van der Waals surface area contributed by atoms with Crippen LogP contribution in [0.15, 0.2) is 24.3 Å². The molecule has 78 valence electrons. The number of rotatable bonds is 6. The Balaban J connectivity index is 2.15. The largest absolute Gasteiger partial charge is 0.494 e. The first-order chi connectivity index (χ1) is 6.83. The van der Waals surface area contributed by atoms with Crippen LogP contribution in [0.2, 0.25) is 0 Å². The average molecular weight is 199 g/mol. The summed E-state index contributed by atoms with van der Waals surface area (Å²) in [4.78, 5) is 4.40. The van der Waals surface area contributed by atoms with Gasteiger partial charge in [0.15, 0.2) is 0 Å². The van der Waals surface area contributed by atoms with E-state index in [4.69, 9.17) is 10.6 Å². The van der Waals surface area contributed by atoms with Gasteiger partial charge in [0.05, 0.1) is 13.2 Å². The summed E-state index contributed by atoms with van der Waals surface area (Å²) in [5.41, 5.74) is 0. The van der Waals surface area contributed by atoms with Crippen LogP contribution in [0.3, 0.4) is 0 Å². The molecule has 0 aliphatic rings. The molecule has 1 aromatic carbocycles. The number of unbranched alkanes of at least 4 members (excludes halogenated alkanes) is 1.